The average molecular weight is 353 g/mol. The lowest BCUT2D eigenvalue weighted by molar-refractivity contribution is -0.176. The van der Waals surface area contributed by atoms with E-state index in [4.69, 9.17) is 0 Å². The maximum Gasteiger partial charge on any atom is 0.471 e. The predicted octanol–water partition coefficient (Wildman–Crippen LogP) is 2.81. The van der Waals surface area contributed by atoms with Crippen molar-refractivity contribution in [3.8, 4) is 5.69 Å². The summed E-state index contributed by atoms with van der Waals surface area (Å²) in [6.07, 6.45) is -1.94. The monoisotopic (exact) mass is 353 g/mol. The third-order valence-corrected chi connectivity index (χ3v) is 4.46. The van der Waals surface area contributed by atoms with E-state index < -0.39 is 17.6 Å². The summed E-state index contributed by atoms with van der Waals surface area (Å²) >= 11 is 0. The molecule has 1 amide bonds. The minimum atomic E-state index is -4.95. The zero-order valence-electron chi connectivity index (χ0n) is 13.7. The Morgan fingerprint density at radius 2 is 1.96 bits per heavy atom. The van der Waals surface area contributed by atoms with Crippen LogP contribution in [0.15, 0.2) is 24.3 Å². The zero-order valence-corrected chi connectivity index (χ0v) is 13.7. The zero-order chi connectivity index (χ0) is 18.1. The molecule has 25 heavy (non-hydrogen) atoms. The van der Waals surface area contributed by atoms with Crippen molar-refractivity contribution in [3.05, 3.63) is 35.7 Å². The van der Waals surface area contributed by atoms with E-state index in [1.54, 1.807) is 6.07 Å². The maximum absolute atomic E-state index is 12.8. The van der Waals surface area contributed by atoms with Gasteiger partial charge in [-0.05, 0) is 47.9 Å². The van der Waals surface area contributed by atoms with Crippen molar-refractivity contribution in [1.29, 1.82) is 0 Å². The van der Waals surface area contributed by atoms with Crippen LogP contribution in [-0.2, 0) is 10.3 Å². The molecule has 1 heterocycles. The quantitative estimate of drug-likeness (QED) is 0.921. The van der Waals surface area contributed by atoms with Crippen LogP contribution in [0.25, 0.3) is 5.69 Å². The van der Waals surface area contributed by atoms with Crippen LogP contribution in [0.4, 0.5) is 13.2 Å². The van der Waals surface area contributed by atoms with E-state index in [0.717, 1.165) is 12.0 Å². The smallest absolute Gasteiger partial charge is 0.335 e. The Hall–Kier alpha value is -2.45. The van der Waals surface area contributed by atoms with Gasteiger partial charge in [-0.2, -0.15) is 17.9 Å². The minimum Gasteiger partial charge on any atom is -0.335 e. The fourth-order valence-electron chi connectivity index (χ4n) is 3.27. The van der Waals surface area contributed by atoms with E-state index in [1.807, 2.05) is 25.1 Å². The van der Waals surface area contributed by atoms with Crippen LogP contribution in [0.3, 0.4) is 0 Å². The summed E-state index contributed by atoms with van der Waals surface area (Å²) in [5, 5.41) is 13.7. The van der Waals surface area contributed by atoms with Crippen molar-refractivity contribution in [1.82, 2.24) is 25.5 Å². The van der Waals surface area contributed by atoms with E-state index in [9.17, 15) is 18.0 Å². The Bertz CT molecular complexity index is 765. The van der Waals surface area contributed by atoms with Crippen molar-refractivity contribution < 1.29 is 18.0 Å². The molecule has 1 aromatic carbocycles. The Morgan fingerprint density at radius 3 is 2.60 bits per heavy atom. The third kappa shape index (κ3) is 3.49. The van der Waals surface area contributed by atoms with Crippen LogP contribution < -0.4 is 5.32 Å². The van der Waals surface area contributed by atoms with E-state index in [2.05, 4.69) is 20.8 Å². The van der Waals surface area contributed by atoms with Gasteiger partial charge in [-0.1, -0.05) is 31.4 Å². The predicted molar refractivity (Wildman–Crippen MR) is 82.9 cm³/mol. The number of rotatable bonds is 3. The molecule has 1 aliphatic carbocycles. The van der Waals surface area contributed by atoms with E-state index in [0.29, 0.717) is 31.4 Å². The van der Waals surface area contributed by atoms with Crippen LogP contribution in [0.2, 0.25) is 0 Å². The van der Waals surface area contributed by atoms with Gasteiger partial charge in [-0.25, -0.2) is 0 Å². The number of alkyl halides is 3. The normalized spacial score (nSPS) is 17.3. The lowest BCUT2D eigenvalue weighted by Gasteiger charge is -2.36. The van der Waals surface area contributed by atoms with Crippen molar-refractivity contribution in [2.45, 2.75) is 50.7 Å². The number of nitrogens with one attached hydrogen (secondary N) is 1. The first-order valence-electron chi connectivity index (χ1n) is 8.07. The summed E-state index contributed by atoms with van der Waals surface area (Å²) in [4.78, 5) is 11.6. The van der Waals surface area contributed by atoms with Crippen molar-refractivity contribution >= 4 is 5.91 Å². The van der Waals surface area contributed by atoms with E-state index in [-0.39, 0.29) is 5.82 Å². The van der Waals surface area contributed by atoms with E-state index >= 15 is 0 Å². The molecule has 1 aromatic heterocycles. The highest BCUT2D eigenvalue weighted by atomic mass is 19.4. The summed E-state index contributed by atoms with van der Waals surface area (Å²) in [6.45, 7) is 1.90. The number of amides is 1. The first-order chi connectivity index (χ1) is 11.8. The van der Waals surface area contributed by atoms with Crippen molar-refractivity contribution in [3.63, 3.8) is 0 Å². The highest BCUT2D eigenvalue weighted by Gasteiger charge is 2.47. The number of carbonyl (C=O) groups excluding carboxylic acids is 1. The lowest BCUT2D eigenvalue weighted by atomic mass is 9.80. The number of carbonyl (C=O) groups is 1. The van der Waals surface area contributed by atoms with Gasteiger partial charge in [0.2, 0.25) is 0 Å². The van der Waals surface area contributed by atoms with Crippen LogP contribution in [0, 0.1) is 6.92 Å². The summed E-state index contributed by atoms with van der Waals surface area (Å²) in [5.41, 5.74) is 0.389. The molecule has 1 aliphatic rings. The summed E-state index contributed by atoms with van der Waals surface area (Å²) in [5.74, 6) is -1.73. The highest BCUT2D eigenvalue weighted by molar-refractivity contribution is 5.82. The SMILES string of the molecule is Cc1cccc(-n2nnnc2C2(NC(=O)C(F)(F)F)CCCCC2)c1. The first kappa shape index (κ1) is 17.4. The molecule has 3 rings (SSSR count). The molecule has 1 N–H and O–H groups in total. The van der Waals surface area contributed by atoms with Gasteiger partial charge < -0.3 is 5.32 Å². The van der Waals surface area contributed by atoms with Gasteiger partial charge >= 0.3 is 12.1 Å². The van der Waals surface area contributed by atoms with Crippen molar-refractivity contribution in [2.24, 2.45) is 0 Å². The molecule has 0 unspecified atom stereocenters. The molecule has 0 radical (unpaired) electrons. The first-order valence-corrected chi connectivity index (χ1v) is 8.07. The molecule has 6 nitrogen and oxygen atoms in total. The molecule has 0 atom stereocenters. The highest BCUT2D eigenvalue weighted by Crippen LogP contribution is 2.37. The number of aryl methyl sites for hydroxylation is 1. The lowest BCUT2D eigenvalue weighted by Crippen LogP contribution is -2.53. The van der Waals surface area contributed by atoms with Gasteiger partial charge in [0, 0.05) is 0 Å². The second-order valence-electron chi connectivity index (χ2n) is 6.35. The van der Waals surface area contributed by atoms with Gasteiger partial charge in [0.25, 0.3) is 0 Å². The molecule has 2 aromatic rings. The maximum atomic E-state index is 12.8. The Balaban J connectivity index is 2.04. The molecular weight excluding hydrogens is 335 g/mol. The Labute approximate surface area is 142 Å². The summed E-state index contributed by atoms with van der Waals surface area (Å²) in [6, 6.07) is 7.32. The number of hydrogen-bond acceptors (Lipinski definition) is 4. The largest absolute Gasteiger partial charge is 0.471 e. The molecule has 0 aliphatic heterocycles. The van der Waals surface area contributed by atoms with Crippen LogP contribution in [-0.4, -0.2) is 32.3 Å². The molecule has 134 valence electrons. The number of tetrazole rings is 1. The van der Waals surface area contributed by atoms with Gasteiger partial charge in [0.15, 0.2) is 5.82 Å². The third-order valence-electron chi connectivity index (χ3n) is 4.46. The van der Waals surface area contributed by atoms with Crippen LogP contribution >= 0.6 is 0 Å². The molecule has 9 heteroatoms. The number of aromatic nitrogens is 4. The number of hydrogen-bond donors (Lipinski definition) is 1. The molecule has 0 saturated heterocycles. The summed E-state index contributed by atoms with van der Waals surface area (Å²) < 4.78 is 39.9. The van der Waals surface area contributed by atoms with Gasteiger partial charge in [0.05, 0.1) is 5.69 Å². The standard InChI is InChI=1S/C16H18F3N5O/c1-11-6-5-7-12(10-11)24-13(21-22-23-24)15(8-3-2-4-9-15)20-14(25)16(17,18)19/h5-7,10H,2-4,8-9H2,1H3,(H,20,25). The topological polar surface area (TPSA) is 72.7 Å². The molecule has 0 spiro atoms. The molecule has 1 saturated carbocycles. The van der Waals surface area contributed by atoms with Crippen LogP contribution in [0.5, 0.6) is 0 Å². The fraction of sp³-hybridized carbons (Fsp3) is 0.500. The van der Waals surface area contributed by atoms with Gasteiger partial charge in [-0.3, -0.25) is 4.79 Å². The summed E-state index contributed by atoms with van der Waals surface area (Å²) in [7, 11) is 0. The fourth-order valence-corrected chi connectivity index (χ4v) is 3.27. The van der Waals surface area contributed by atoms with Crippen LogP contribution in [0.1, 0.15) is 43.5 Å². The second-order valence-corrected chi connectivity index (χ2v) is 6.35. The van der Waals surface area contributed by atoms with Gasteiger partial charge in [-0.15, -0.1) is 5.10 Å². The van der Waals surface area contributed by atoms with E-state index in [1.165, 1.54) is 4.68 Å². The second kappa shape index (κ2) is 6.45. The number of nitrogens with zero attached hydrogens (tertiary/aromatic N) is 4. The minimum absolute atomic E-state index is 0.232. The Morgan fingerprint density at radius 1 is 1.24 bits per heavy atom. The molecule has 1 fully saturated rings. The molecule has 0 bridgehead atoms. The average Bonchev–Trinajstić information content (AvgIpc) is 3.05. The number of benzene rings is 1. The van der Waals surface area contributed by atoms with Crippen molar-refractivity contribution in [2.75, 3.05) is 0 Å². The Kier molecular flexibility index (Phi) is 4.49. The number of halogens is 3. The molecular formula is C16H18F3N5O. The van der Waals surface area contributed by atoms with Gasteiger partial charge in [0.1, 0.15) is 5.54 Å².